The van der Waals surface area contributed by atoms with Crippen LogP contribution < -0.4 is 0 Å². The minimum atomic E-state index is 0.579. The van der Waals surface area contributed by atoms with E-state index in [0.717, 1.165) is 6.42 Å². The summed E-state index contributed by atoms with van der Waals surface area (Å²) in [5, 5.41) is 0. The number of rotatable bonds is 7. The summed E-state index contributed by atoms with van der Waals surface area (Å²) < 4.78 is 0. The molecule has 0 aliphatic heterocycles. The molecule has 0 aromatic carbocycles. The van der Waals surface area contributed by atoms with Gasteiger partial charge in [-0.3, -0.25) is 0 Å². The van der Waals surface area contributed by atoms with E-state index >= 15 is 0 Å². The van der Waals surface area contributed by atoms with Gasteiger partial charge in [0.05, 0.1) is 0 Å². The second-order valence-corrected chi connectivity index (χ2v) is 4.58. The molecule has 0 amide bonds. The molecule has 0 N–H and O–H groups in total. The first-order valence-electron chi connectivity index (χ1n) is 5.41. The van der Waals surface area contributed by atoms with Gasteiger partial charge in [0.2, 0.25) is 0 Å². The molecule has 0 saturated carbocycles. The van der Waals surface area contributed by atoms with Gasteiger partial charge in [-0.1, -0.05) is 59.8 Å². The second-order valence-electron chi connectivity index (χ2n) is 4.58. The predicted octanol–water partition coefficient (Wildman–Crippen LogP) is 4.60. The van der Waals surface area contributed by atoms with Crippen molar-refractivity contribution in [3.8, 4) is 0 Å². The van der Waals surface area contributed by atoms with Crippen molar-refractivity contribution in [1.82, 2.24) is 0 Å². The van der Waals surface area contributed by atoms with Crippen LogP contribution in [0.1, 0.15) is 65.7 Å². The van der Waals surface area contributed by atoms with Crippen LogP contribution in [0.2, 0.25) is 0 Å². The molecule has 1 radical (unpaired) electrons. The van der Waals surface area contributed by atoms with Crippen molar-refractivity contribution in [1.29, 1.82) is 0 Å². The standard InChI is InChI=1S/C12H25/c1-5-7-8-9-11-12(3,4)10-6-2/h1,5-11H2,2-4H3. The molecule has 0 spiro atoms. The van der Waals surface area contributed by atoms with E-state index in [4.69, 9.17) is 0 Å². The van der Waals surface area contributed by atoms with Gasteiger partial charge < -0.3 is 0 Å². The zero-order chi connectivity index (χ0) is 9.45. The van der Waals surface area contributed by atoms with E-state index in [2.05, 4.69) is 27.7 Å². The minimum absolute atomic E-state index is 0.579. The van der Waals surface area contributed by atoms with E-state index < -0.39 is 0 Å². The van der Waals surface area contributed by atoms with Crippen LogP contribution in [0, 0.1) is 12.3 Å². The Balaban J connectivity index is 3.33. The number of hydrogen-bond donors (Lipinski definition) is 0. The van der Waals surface area contributed by atoms with E-state index in [1.54, 1.807) is 0 Å². The lowest BCUT2D eigenvalue weighted by Crippen LogP contribution is -2.10. The highest BCUT2D eigenvalue weighted by Crippen LogP contribution is 2.28. The maximum atomic E-state index is 3.86. The van der Waals surface area contributed by atoms with Crippen molar-refractivity contribution in [2.75, 3.05) is 0 Å². The molecule has 0 saturated heterocycles. The van der Waals surface area contributed by atoms with E-state index in [1.165, 1.54) is 38.5 Å². The van der Waals surface area contributed by atoms with Gasteiger partial charge in [-0.15, -0.1) is 0 Å². The van der Waals surface area contributed by atoms with Crippen LogP contribution in [0.3, 0.4) is 0 Å². The third kappa shape index (κ3) is 6.69. The minimum Gasteiger partial charge on any atom is -0.0654 e. The van der Waals surface area contributed by atoms with Crippen molar-refractivity contribution >= 4 is 0 Å². The Morgan fingerprint density at radius 2 is 1.67 bits per heavy atom. The topological polar surface area (TPSA) is 0 Å². The quantitative estimate of drug-likeness (QED) is 0.489. The van der Waals surface area contributed by atoms with Gasteiger partial charge in [-0.25, -0.2) is 0 Å². The number of hydrogen-bond acceptors (Lipinski definition) is 0. The van der Waals surface area contributed by atoms with Gasteiger partial charge in [0.1, 0.15) is 0 Å². The molecule has 73 valence electrons. The Morgan fingerprint density at radius 1 is 1.00 bits per heavy atom. The van der Waals surface area contributed by atoms with Crippen LogP contribution in [0.5, 0.6) is 0 Å². The molecule has 0 nitrogen and oxygen atoms in total. The highest BCUT2D eigenvalue weighted by Gasteiger charge is 2.15. The van der Waals surface area contributed by atoms with Crippen molar-refractivity contribution < 1.29 is 0 Å². The molecule has 0 aliphatic rings. The van der Waals surface area contributed by atoms with Gasteiger partial charge in [0.25, 0.3) is 0 Å². The van der Waals surface area contributed by atoms with Crippen LogP contribution in [0.4, 0.5) is 0 Å². The fourth-order valence-electron chi connectivity index (χ4n) is 1.76. The second kappa shape index (κ2) is 6.51. The Bertz CT molecular complexity index is 92.2. The molecular formula is C12H25. The number of unbranched alkanes of at least 4 members (excludes halogenated alkanes) is 3. The average molecular weight is 169 g/mol. The first-order valence-corrected chi connectivity index (χ1v) is 5.41. The van der Waals surface area contributed by atoms with Crippen LogP contribution in [-0.4, -0.2) is 0 Å². The van der Waals surface area contributed by atoms with E-state index in [0.29, 0.717) is 5.41 Å². The maximum absolute atomic E-state index is 3.86. The maximum Gasteiger partial charge on any atom is -0.0354 e. The zero-order valence-electron chi connectivity index (χ0n) is 9.16. The third-order valence-electron chi connectivity index (χ3n) is 2.53. The lowest BCUT2D eigenvalue weighted by molar-refractivity contribution is 0.292. The predicted molar refractivity (Wildman–Crippen MR) is 57.1 cm³/mol. The van der Waals surface area contributed by atoms with Crippen LogP contribution in [0.25, 0.3) is 0 Å². The molecule has 0 fully saturated rings. The summed E-state index contributed by atoms with van der Waals surface area (Å²) in [5.74, 6) is 0. The first-order chi connectivity index (χ1) is 5.62. The smallest absolute Gasteiger partial charge is 0.0354 e. The molecule has 0 rings (SSSR count). The summed E-state index contributed by atoms with van der Waals surface area (Å²) >= 11 is 0. The van der Waals surface area contributed by atoms with Crippen molar-refractivity contribution in [2.24, 2.45) is 5.41 Å². The summed E-state index contributed by atoms with van der Waals surface area (Å²) in [5.41, 5.74) is 0.579. The van der Waals surface area contributed by atoms with E-state index in [-0.39, 0.29) is 0 Å². The van der Waals surface area contributed by atoms with E-state index in [9.17, 15) is 0 Å². The Morgan fingerprint density at radius 3 is 2.17 bits per heavy atom. The molecule has 0 heteroatoms. The largest absolute Gasteiger partial charge is 0.0654 e. The molecular weight excluding hydrogens is 144 g/mol. The fraction of sp³-hybridized carbons (Fsp3) is 0.917. The molecule has 0 unspecified atom stereocenters. The lowest BCUT2D eigenvalue weighted by Gasteiger charge is -2.23. The van der Waals surface area contributed by atoms with Gasteiger partial charge in [0, 0.05) is 0 Å². The van der Waals surface area contributed by atoms with Crippen molar-refractivity contribution in [2.45, 2.75) is 65.7 Å². The monoisotopic (exact) mass is 169 g/mol. The molecule has 0 heterocycles. The normalized spacial score (nSPS) is 12.0. The highest BCUT2D eigenvalue weighted by molar-refractivity contribution is 4.67. The average Bonchev–Trinajstić information content (AvgIpc) is 1.98. The molecule has 0 aliphatic carbocycles. The van der Waals surface area contributed by atoms with Crippen molar-refractivity contribution in [3.63, 3.8) is 0 Å². The summed E-state index contributed by atoms with van der Waals surface area (Å²) in [4.78, 5) is 0. The van der Waals surface area contributed by atoms with Gasteiger partial charge in [-0.05, 0) is 18.3 Å². The molecule has 0 bridgehead atoms. The van der Waals surface area contributed by atoms with Gasteiger partial charge in [-0.2, -0.15) is 0 Å². The summed E-state index contributed by atoms with van der Waals surface area (Å²) in [6.07, 6.45) is 9.26. The summed E-state index contributed by atoms with van der Waals surface area (Å²) in [7, 11) is 0. The lowest BCUT2D eigenvalue weighted by atomic mass is 9.83. The van der Waals surface area contributed by atoms with Gasteiger partial charge in [0.15, 0.2) is 0 Å². The van der Waals surface area contributed by atoms with E-state index in [1.807, 2.05) is 0 Å². The fourth-order valence-corrected chi connectivity index (χ4v) is 1.76. The Kier molecular flexibility index (Phi) is 6.51. The summed E-state index contributed by atoms with van der Waals surface area (Å²) in [6, 6.07) is 0. The van der Waals surface area contributed by atoms with Crippen molar-refractivity contribution in [3.05, 3.63) is 6.92 Å². The first kappa shape index (κ1) is 12.0. The Labute approximate surface area is 78.8 Å². The molecule has 0 aromatic rings. The highest BCUT2D eigenvalue weighted by atomic mass is 14.2. The van der Waals surface area contributed by atoms with Crippen LogP contribution in [0.15, 0.2) is 0 Å². The molecule has 12 heavy (non-hydrogen) atoms. The SMILES string of the molecule is [CH2]CCCCCC(C)(C)CCC. The summed E-state index contributed by atoms with van der Waals surface area (Å²) in [6.45, 7) is 10.9. The van der Waals surface area contributed by atoms with Gasteiger partial charge >= 0.3 is 0 Å². The third-order valence-corrected chi connectivity index (χ3v) is 2.53. The van der Waals surface area contributed by atoms with Crippen LogP contribution >= 0.6 is 0 Å². The zero-order valence-corrected chi connectivity index (χ0v) is 9.16. The molecule has 0 aromatic heterocycles. The molecule has 0 atom stereocenters. The van der Waals surface area contributed by atoms with Crippen LogP contribution in [-0.2, 0) is 0 Å². The Hall–Kier alpha value is 0.